The molecule has 0 aliphatic carbocycles. The molecule has 1 aromatic heterocycles. The van der Waals surface area contributed by atoms with Gasteiger partial charge in [-0.2, -0.15) is 0 Å². The van der Waals surface area contributed by atoms with Gasteiger partial charge >= 0.3 is 11.9 Å². The van der Waals surface area contributed by atoms with Gasteiger partial charge in [0.15, 0.2) is 0 Å². The molecule has 0 atom stereocenters. The van der Waals surface area contributed by atoms with Gasteiger partial charge in [0.2, 0.25) is 0 Å². The highest BCUT2D eigenvalue weighted by Crippen LogP contribution is 2.27. The number of nitro benzene ring substituents is 1. The monoisotopic (exact) mass is 396 g/mol. The van der Waals surface area contributed by atoms with E-state index in [1.807, 2.05) is 6.07 Å². The molecule has 0 fully saturated rings. The van der Waals surface area contributed by atoms with E-state index in [1.54, 1.807) is 12.3 Å². The molecule has 0 saturated carbocycles. The molecular formula is C16H10Cl2N2O6. The van der Waals surface area contributed by atoms with Gasteiger partial charge in [0.1, 0.15) is 5.02 Å². The van der Waals surface area contributed by atoms with Gasteiger partial charge in [-0.05, 0) is 18.2 Å². The molecule has 10 heteroatoms. The number of H-pyrrole nitrogens is 1. The third-order valence-electron chi connectivity index (χ3n) is 3.30. The van der Waals surface area contributed by atoms with Crippen LogP contribution in [-0.4, -0.2) is 32.1 Å². The lowest BCUT2D eigenvalue weighted by molar-refractivity contribution is -0.384. The average molecular weight is 397 g/mol. The number of carboxylic acids is 2. The standard InChI is InChI=1S/C9H6ClNO2.C7H4ClNO4/c10-7-6(9(12)13)2-1-5-3-4-11-8(5)7;8-6-4(7(10)11)2-1-3-5(6)9(12)13/h1-4,11H,(H,12,13);1-3H,(H,10,11). The van der Waals surface area contributed by atoms with Crippen molar-refractivity contribution in [2.45, 2.75) is 0 Å². The molecule has 3 rings (SSSR count). The molecule has 3 N–H and O–H groups in total. The molecule has 1 heterocycles. The highest BCUT2D eigenvalue weighted by molar-refractivity contribution is 6.38. The number of halogens is 2. The summed E-state index contributed by atoms with van der Waals surface area (Å²) in [5.41, 5.74) is 0.121. The molecule has 0 unspecified atom stereocenters. The van der Waals surface area contributed by atoms with Crippen LogP contribution in [0.2, 0.25) is 10.0 Å². The van der Waals surface area contributed by atoms with Gasteiger partial charge in [0.25, 0.3) is 5.69 Å². The summed E-state index contributed by atoms with van der Waals surface area (Å²) >= 11 is 11.3. The first-order chi connectivity index (χ1) is 12.2. The van der Waals surface area contributed by atoms with Gasteiger partial charge < -0.3 is 15.2 Å². The van der Waals surface area contributed by atoms with E-state index in [1.165, 1.54) is 18.2 Å². The van der Waals surface area contributed by atoms with Crippen molar-refractivity contribution in [2.24, 2.45) is 0 Å². The van der Waals surface area contributed by atoms with Gasteiger partial charge in [0.05, 0.1) is 26.6 Å². The predicted octanol–water partition coefficient (Wildman–Crippen LogP) is 4.47. The van der Waals surface area contributed by atoms with Crippen molar-refractivity contribution in [3.8, 4) is 0 Å². The van der Waals surface area contributed by atoms with Crippen LogP contribution in [0.25, 0.3) is 10.9 Å². The number of carboxylic acid groups (broad SMARTS) is 2. The summed E-state index contributed by atoms with van der Waals surface area (Å²) in [6.07, 6.45) is 1.72. The van der Waals surface area contributed by atoms with Crippen molar-refractivity contribution in [1.29, 1.82) is 0 Å². The Labute approximate surface area is 155 Å². The summed E-state index contributed by atoms with van der Waals surface area (Å²) in [6.45, 7) is 0. The fourth-order valence-corrected chi connectivity index (χ4v) is 2.67. The Morgan fingerprint density at radius 1 is 0.962 bits per heavy atom. The van der Waals surface area contributed by atoms with E-state index < -0.39 is 22.5 Å². The van der Waals surface area contributed by atoms with Gasteiger partial charge in [-0.3, -0.25) is 10.1 Å². The van der Waals surface area contributed by atoms with E-state index >= 15 is 0 Å². The fraction of sp³-hybridized carbons (Fsp3) is 0. The summed E-state index contributed by atoms with van der Waals surface area (Å²) < 4.78 is 0. The first kappa shape index (κ1) is 19.2. The predicted molar refractivity (Wildman–Crippen MR) is 95.3 cm³/mol. The summed E-state index contributed by atoms with van der Waals surface area (Å²) in [5.74, 6) is -2.30. The average Bonchev–Trinajstić information content (AvgIpc) is 3.04. The zero-order valence-corrected chi connectivity index (χ0v) is 14.3. The second-order valence-corrected chi connectivity index (χ2v) is 5.63. The maximum absolute atomic E-state index is 10.7. The fourth-order valence-electron chi connectivity index (χ4n) is 2.08. The third-order valence-corrected chi connectivity index (χ3v) is 4.09. The molecule has 0 spiro atoms. The van der Waals surface area contributed by atoms with E-state index in [4.69, 9.17) is 33.4 Å². The molecule has 0 amide bonds. The van der Waals surface area contributed by atoms with Crippen molar-refractivity contribution < 1.29 is 24.7 Å². The molecule has 0 radical (unpaired) electrons. The summed E-state index contributed by atoms with van der Waals surface area (Å²) in [5, 5.41) is 28.5. The van der Waals surface area contributed by atoms with Crippen LogP contribution in [0.15, 0.2) is 42.6 Å². The van der Waals surface area contributed by atoms with Crippen molar-refractivity contribution in [1.82, 2.24) is 4.98 Å². The Hall–Kier alpha value is -3.10. The molecule has 8 nitrogen and oxygen atoms in total. The first-order valence-corrected chi connectivity index (χ1v) is 7.64. The van der Waals surface area contributed by atoms with E-state index in [2.05, 4.69) is 4.98 Å². The lowest BCUT2D eigenvalue weighted by Gasteiger charge is -1.99. The number of nitro groups is 1. The number of nitrogens with zero attached hydrogens (tertiary/aromatic N) is 1. The largest absolute Gasteiger partial charge is 0.478 e. The molecule has 0 aliphatic rings. The van der Waals surface area contributed by atoms with Gasteiger partial charge in [0, 0.05) is 17.6 Å². The Balaban J connectivity index is 0.000000187. The smallest absolute Gasteiger partial charge is 0.337 e. The van der Waals surface area contributed by atoms with Gasteiger partial charge in [-0.1, -0.05) is 35.3 Å². The molecule has 3 aromatic rings. The number of fused-ring (bicyclic) bond motifs is 1. The molecule has 26 heavy (non-hydrogen) atoms. The molecule has 0 bridgehead atoms. The topological polar surface area (TPSA) is 134 Å². The molecule has 0 aliphatic heterocycles. The van der Waals surface area contributed by atoms with E-state index in [0.29, 0.717) is 5.52 Å². The Morgan fingerprint density at radius 3 is 2.15 bits per heavy atom. The second-order valence-electron chi connectivity index (χ2n) is 4.88. The molecule has 2 aromatic carbocycles. The number of hydrogen-bond acceptors (Lipinski definition) is 4. The lowest BCUT2D eigenvalue weighted by atomic mass is 10.1. The van der Waals surface area contributed by atoms with Crippen LogP contribution in [0.1, 0.15) is 20.7 Å². The zero-order valence-electron chi connectivity index (χ0n) is 12.8. The number of rotatable bonds is 3. The number of aromatic carboxylic acids is 2. The van der Waals surface area contributed by atoms with E-state index in [-0.39, 0.29) is 21.2 Å². The maximum Gasteiger partial charge on any atom is 0.337 e. The van der Waals surface area contributed by atoms with E-state index in [9.17, 15) is 19.7 Å². The van der Waals surface area contributed by atoms with Gasteiger partial charge in [-0.25, -0.2) is 9.59 Å². The van der Waals surface area contributed by atoms with Crippen molar-refractivity contribution in [2.75, 3.05) is 0 Å². The lowest BCUT2D eigenvalue weighted by Crippen LogP contribution is -1.99. The minimum absolute atomic E-state index is 0.122. The molecule has 0 saturated heterocycles. The van der Waals surface area contributed by atoms with Crippen molar-refractivity contribution in [3.05, 3.63) is 73.9 Å². The maximum atomic E-state index is 10.7. The molecule has 134 valence electrons. The van der Waals surface area contributed by atoms with Crippen molar-refractivity contribution >= 4 is 51.7 Å². The number of carbonyl (C=O) groups is 2. The number of aromatic nitrogens is 1. The highest BCUT2D eigenvalue weighted by atomic mass is 35.5. The molecular weight excluding hydrogens is 387 g/mol. The Bertz CT molecular complexity index is 983. The Kier molecular flexibility index (Phi) is 5.81. The number of nitrogens with one attached hydrogen (secondary N) is 1. The first-order valence-electron chi connectivity index (χ1n) is 6.89. The highest BCUT2D eigenvalue weighted by Gasteiger charge is 2.18. The number of aromatic amines is 1. The number of hydrogen-bond donors (Lipinski definition) is 3. The summed E-state index contributed by atoms with van der Waals surface area (Å²) in [4.78, 5) is 33.7. The minimum atomic E-state index is -1.28. The van der Waals surface area contributed by atoms with Crippen LogP contribution >= 0.6 is 23.2 Å². The minimum Gasteiger partial charge on any atom is -0.478 e. The van der Waals surface area contributed by atoms with E-state index in [0.717, 1.165) is 11.5 Å². The normalized spacial score (nSPS) is 10.1. The SMILES string of the molecule is O=C(O)c1ccc2cc[nH]c2c1Cl.O=C(O)c1cccc([N+](=O)[O-])c1Cl. The second kappa shape index (κ2) is 7.85. The van der Waals surface area contributed by atoms with Crippen LogP contribution in [-0.2, 0) is 0 Å². The van der Waals surface area contributed by atoms with Crippen LogP contribution in [0, 0.1) is 10.1 Å². The van der Waals surface area contributed by atoms with Crippen LogP contribution < -0.4 is 0 Å². The third kappa shape index (κ3) is 3.93. The summed E-state index contributed by atoms with van der Waals surface area (Å²) in [7, 11) is 0. The Morgan fingerprint density at radius 2 is 1.58 bits per heavy atom. The number of benzene rings is 2. The van der Waals surface area contributed by atoms with Crippen LogP contribution in [0.5, 0.6) is 0 Å². The van der Waals surface area contributed by atoms with Crippen LogP contribution in [0.4, 0.5) is 5.69 Å². The van der Waals surface area contributed by atoms with Crippen molar-refractivity contribution in [3.63, 3.8) is 0 Å². The summed E-state index contributed by atoms with van der Waals surface area (Å²) in [6, 6.07) is 8.69. The van der Waals surface area contributed by atoms with Gasteiger partial charge in [-0.15, -0.1) is 0 Å². The van der Waals surface area contributed by atoms with Crippen LogP contribution in [0.3, 0.4) is 0 Å². The quantitative estimate of drug-likeness (QED) is 0.441. The zero-order chi connectivity index (χ0) is 19.4.